The predicted octanol–water partition coefficient (Wildman–Crippen LogP) is 1.15. The van der Waals surface area contributed by atoms with Crippen LogP contribution in [0, 0.1) is 6.92 Å². The predicted molar refractivity (Wildman–Crippen MR) is 57.9 cm³/mol. The number of thiazole rings is 1. The minimum Gasteiger partial charge on any atom is -0.250 e. The maximum Gasteiger partial charge on any atom is 0.211 e. The van der Waals surface area contributed by atoms with Crippen molar-refractivity contribution in [2.24, 2.45) is 0 Å². The smallest absolute Gasteiger partial charge is 0.211 e. The van der Waals surface area contributed by atoms with Crippen molar-refractivity contribution in [3.63, 3.8) is 0 Å². The Hall–Kier alpha value is -0.460. The Morgan fingerprint density at radius 2 is 2.29 bits per heavy atom. The fourth-order valence-electron chi connectivity index (χ4n) is 1.01. The Morgan fingerprint density at radius 1 is 1.50 bits per heavy atom. The number of hydrogen-bond donors (Lipinski definition) is 1. The molecule has 2 rings (SSSR count). The SMILES string of the molecule is Cc1nccs1.O=S1(=O)CCCCN1. The minimum absolute atomic E-state index is 0.312. The number of nitrogens with zero attached hydrogens (tertiary/aromatic N) is 1. The van der Waals surface area contributed by atoms with Crippen molar-refractivity contribution in [2.75, 3.05) is 12.3 Å². The van der Waals surface area contributed by atoms with Crippen LogP contribution in [0.25, 0.3) is 0 Å². The number of sulfonamides is 1. The summed E-state index contributed by atoms with van der Waals surface area (Å²) in [6.45, 7) is 2.62. The average Bonchev–Trinajstić information content (AvgIpc) is 2.56. The molecule has 14 heavy (non-hydrogen) atoms. The van der Waals surface area contributed by atoms with E-state index >= 15 is 0 Å². The molecule has 2 heterocycles. The molecule has 0 spiro atoms. The van der Waals surface area contributed by atoms with E-state index in [0.29, 0.717) is 12.3 Å². The van der Waals surface area contributed by atoms with Crippen molar-refractivity contribution in [1.29, 1.82) is 0 Å². The van der Waals surface area contributed by atoms with Gasteiger partial charge in [0, 0.05) is 18.1 Å². The molecule has 0 saturated carbocycles. The van der Waals surface area contributed by atoms with Crippen LogP contribution in [0.5, 0.6) is 0 Å². The second-order valence-corrected chi connectivity index (χ2v) is 6.00. The zero-order valence-electron chi connectivity index (χ0n) is 8.06. The van der Waals surface area contributed by atoms with Crippen LogP contribution in [0.1, 0.15) is 17.8 Å². The van der Waals surface area contributed by atoms with Gasteiger partial charge < -0.3 is 0 Å². The number of hydrogen-bond acceptors (Lipinski definition) is 4. The molecule has 0 aliphatic carbocycles. The zero-order valence-corrected chi connectivity index (χ0v) is 9.70. The van der Waals surface area contributed by atoms with Gasteiger partial charge in [0.05, 0.1) is 10.8 Å². The van der Waals surface area contributed by atoms with Crippen LogP contribution in [0.3, 0.4) is 0 Å². The molecule has 1 aliphatic heterocycles. The van der Waals surface area contributed by atoms with Crippen LogP contribution < -0.4 is 4.72 Å². The number of nitrogens with one attached hydrogen (secondary N) is 1. The molecular weight excluding hydrogens is 220 g/mol. The van der Waals surface area contributed by atoms with Gasteiger partial charge in [-0.05, 0) is 19.8 Å². The molecule has 1 N–H and O–H groups in total. The highest BCUT2D eigenvalue weighted by Crippen LogP contribution is 1.99. The second-order valence-electron chi connectivity index (χ2n) is 2.97. The summed E-state index contributed by atoms with van der Waals surface area (Å²) in [7, 11) is -2.83. The van der Waals surface area contributed by atoms with Crippen LogP contribution >= 0.6 is 11.3 Å². The van der Waals surface area contributed by atoms with E-state index in [0.717, 1.165) is 17.8 Å². The summed E-state index contributed by atoms with van der Waals surface area (Å²) in [6, 6.07) is 0. The third kappa shape index (κ3) is 4.69. The lowest BCUT2D eigenvalue weighted by Crippen LogP contribution is -2.31. The van der Waals surface area contributed by atoms with Gasteiger partial charge >= 0.3 is 0 Å². The first-order valence-electron chi connectivity index (χ1n) is 4.43. The summed E-state index contributed by atoms with van der Waals surface area (Å²) in [5.41, 5.74) is 0. The van der Waals surface area contributed by atoms with Gasteiger partial charge in [-0.2, -0.15) is 0 Å². The lowest BCUT2D eigenvalue weighted by Gasteiger charge is -2.10. The number of aromatic nitrogens is 1. The first-order valence-corrected chi connectivity index (χ1v) is 6.97. The Morgan fingerprint density at radius 3 is 2.50 bits per heavy atom. The van der Waals surface area contributed by atoms with E-state index < -0.39 is 10.0 Å². The number of aryl methyl sites for hydroxylation is 1. The molecule has 0 radical (unpaired) electrons. The third-order valence-corrected chi connectivity index (χ3v) is 3.89. The molecule has 1 aromatic rings. The third-order valence-electron chi connectivity index (χ3n) is 1.72. The van der Waals surface area contributed by atoms with E-state index in [1.165, 1.54) is 0 Å². The Bertz CT molecular complexity index is 333. The van der Waals surface area contributed by atoms with Gasteiger partial charge in [-0.1, -0.05) is 0 Å². The lowest BCUT2D eigenvalue weighted by molar-refractivity contribution is 0.561. The van der Waals surface area contributed by atoms with Crippen LogP contribution in [0.2, 0.25) is 0 Å². The highest BCUT2D eigenvalue weighted by molar-refractivity contribution is 7.89. The zero-order chi connectivity index (χ0) is 10.4. The topological polar surface area (TPSA) is 59.1 Å². The van der Waals surface area contributed by atoms with Crippen LogP contribution in [-0.2, 0) is 10.0 Å². The lowest BCUT2D eigenvalue weighted by atomic mass is 10.3. The molecular formula is C8H14N2O2S2. The van der Waals surface area contributed by atoms with Gasteiger partial charge in [0.15, 0.2) is 0 Å². The minimum atomic E-state index is -2.83. The largest absolute Gasteiger partial charge is 0.250 e. The molecule has 0 atom stereocenters. The highest BCUT2D eigenvalue weighted by Gasteiger charge is 2.12. The summed E-state index contributed by atoms with van der Waals surface area (Å²) in [6.07, 6.45) is 3.61. The Balaban J connectivity index is 0.000000146. The molecule has 0 bridgehead atoms. The van der Waals surface area contributed by atoms with Gasteiger partial charge in [-0.25, -0.2) is 13.1 Å². The molecule has 80 valence electrons. The van der Waals surface area contributed by atoms with Crippen LogP contribution in [0.4, 0.5) is 0 Å². The fourth-order valence-corrected chi connectivity index (χ4v) is 2.64. The first kappa shape index (κ1) is 11.6. The molecule has 1 fully saturated rings. The van der Waals surface area contributed by atoms with Crippen LogP contribution in [-0.4, -0.2) is 25.7 Å². The Labute approximate surface area is 88.4 Å². The van der Waals surface area contributed by atoms with E-state index in [2.05, 4.69) is 9.71 Å². The molecule has 4 nitrogen and oxygen atoms in total. The average molecular weight is 234 g/mol. The van der Waals surface area contributed by atoms with Crippen molar-refractivity contribution in [1.82, 2.24) is 9.71 Å². The van der Waals surface area contributed by atoms with E-state index in [4.69, 9.17) is 0 Å². The number of rotatable bonds is 0. The Kier molecular flexibility index (Phi) is 4.50. The maximum absolute atomic E-state index is 10.5. The van der Waals surface area contributed by atoms with Crippen LogP contribution in [0.15, 0.2) is 11.6 Å². The normalized spacial score (nSPS) is 19.5. The highest BCUT2D eigenvalue weighted by atomic mass is 32.2. The molecule has 1 saturated heterocycles. The van der Waals surface area contributed by atoms with Gasteiger partial charge in [0.1, 0.15) is 0 Å². The molecule has 1 aliphatic rings. The fraction of sp³-hybridized carbons (Fsp3) is 0.625. The van der Waals surface area contributed by atoms with Gasteiger partial charge in [0.25, 0.3) is 0 Å². The molecule has 0 amide bonds. The van der Waals surface area contributed by atoms with Gasteiger partial charge in [-0.15, -0.1) is 11.3 Å². The summed E-state index contributed by atoms with van der Waals surface area (Å²) in [5.74, 6) is 0.312. The molecule has 6 heteroatoms. The standard InChI is InChI=1S/C4H9NO2S.C4H5NS/c6-8(7)4-2-1-3-5-8;1-4-5-2-3-6-4/h5H,1-4H2;2-3H,1H3. The monoisotopic (exact) mass is 234 g/mol. The van der Waals surface area contributed by atoms with Crippen molar-refractivity contribution < 1.29 is 8.42 Å². The maximum atomic E-state index is 10.5. The summed E-state index contributed by atoms with van der Waals surface area (Å²) >= 11 is 1.67. The van der Waals surface area contributed by atoms with Gasteiger partial charge in [0.2, 0.25) is 10.0 Å². The molecule has 1 aromatic heterocycles. The van der Waals surface area contributed by atoms with Crippen molar-refractivity contribution in [3.8, 4) is 0 Å². The first-order chi connectivity index (χ1) is 6.60. The van der Waals surface area contributed by atoms with Crippen molar-refractivity contribution >= 4 is 21.4 Å². The van der Waals surface area contributed by atoms with E-state index in [-0.39, 0.29) is 0 Å². The van der Waals surface area contributed by atoms with E-state index in [9.17, 15) is 8.42 Å². The second kappa shape index (κ2) is 5.43. The summed E-state index contributed by atoms with van der Waals surface area (Å²) in [5, 5.41) is 3.10. The van der Waals surface area contributed by atoms with E-state index in [1.54, 1.807) is 17.5 Å². The van der Waals surface area contributed by atoms with Crippen molar-refractivity contribution in [2.45, 2.75) is 19.8 Å². The summed E-state index contributed by atoms with van der Waals surface area (Å²) in [4.78, 5) is 3.94. The van der Waals surface area contributed by atoms with Crippen molar-refractivity contribution in [3.05, 3.63) is 16.6 Å². The molecule has 0 unspecified atom stereocenters. The quantitative estimate of drug-likeness (QED) is 0.732. The van der Waals surface area contributed by atoms with E-state index in [1.807, 2.05) is 12.3 Å². The summed E-state index contributed by atoms with van der Waals surface area (Å²) < 4.78 is 23.5. The molecule has 0 aromatic carbocycles. The van der Waals surface area contributed by atoms with Gasteiger partial charge in [-0.3, -0.25) is 4.98 Å².